The Labute approximate surface area is 324 Å². The van der Waals surface area contributed by atoms with E-state index in [0.29, 0.717) is 0 Å². The van der Waals surface area contributed by atoms with Crippen molar-refractivity contribution < 1.29 is 0 Å². The minimum absolute atomic E-state index is 1.10. The minimum Gasteiger partial charge on any atom is -0.309 e. The summed E-state index contributed by atoms with van der Waals surface area (Å²) in [6.07, 6.45) is 6.83. The van der Waals surface area contributed by atoms with E-state index in [-0.39, 0.29) is 0 Å². The number of aromatic nitrogens is 1. The maximum absolute atomic E-state index is 2.44. The van der Waals surface area contributed by atoms with E-state index in [2.05, 4.69) is 204 Å². The normalized spacial score (nSPS) is 12.5. The molecule has 0 saturated heterocycles. The zero-order valence-electron chi connectivity index (χ0n) is 30.2. The Balaban J connectivity index is 1.02. The van der Waals surface area contributed by atoms with Crippen molar-refractivity contribution in [2.75, 3.05) is 4.90 Å². The Hall–Kier alpha value is -6.68. The average molecular weight is 721 g/mol. The molecule has 0 amide bonds. The molecular formula is C52H36N2S. The van der Waals surface area contributed by atoms with Gasteiger partial charge < -0.3 is 9.47 Å². The van der Waals surface area contributed by atoms with Crippen LogP contribution in [0.15, 0.2) is 188 Å². The van der Waals surface area contributed by atoms with Crippen LogP contribution in [0.1, 0.15) is 16.9 Å². The van der Waals surface area contributed by atoms with Crippen LogP contribution in [0.5, 0.6) is 0 Å². The highest BCUT2D eigenvalue weighted by molar-refractivity contribution is 7.20. The number of fused-ring (bicyclic) bond motifs is 7. The second-order valence-corrected chi connectivity index (χ2v) is 15.5. The van der Waals surface area contributed by atoms with Crippen molar-refractivity contribution in [3.8, 4) is 27.9 Å². The molecule has 0 aliphatic heterocycles. The van der Waals surface area contributed by atoms with Crippen molar-refractivity contribution in [1.82, 2.24) is 4.57 Å². The highest BCUT2D eigenvalue weighted by atomic mass is 32.1. The first-order valence-electron chi connectivity index (χ1n) is 19.1. The number of benzene rings is 8. The molecule has 0 radical (unpaired) electrons. The van der Waals surface area contributed by atoms with Crippen LogP contribution >= 0.6 is 11.3 Å². The summed E-state index contributed by atoms with van der Waals surface area (Å²) in [5.41, 5.74) is 13.4. The minimum atomic E-state index is 1.10. The van der Waals surface area contributed by atoms with Gasteiger partial charge in [0.1, 0.15) is 0 Å². The van der Waals surface area contributed by atoms with Crippen LogP contribution < -0.4 is 4.90 Å². The van der Waals surface area contributed by atoms with E-state index in [9.17, 15) is 0 Å². The van der Waals surface area contributed by atoms with Gasteiger partial charge in [0.25, 0.3) is 0 Å². The van der Waals surface area contributed by atoms with Crippen LogP contribution in [0, 0.1) is 0 Å². The predicted molar refractivity (Wildman–Crippen MR) is 237 cm³/mol. The van der Waals surface area contributed by atoms with Gasteiger partial charge in [-0.3, -0.25) is 0 Å². The molecule has 260 valence electrons. The summed E-state index contributed by atoms with van der Waals surface area (Å²) in [6, 6.07) is 66.7. The molecule has 0 atom stereocenters. The molecule has 10 aromatic rings. The van der Waals surface area contributed by atoms with Crippen LogP contribution in [-0.4, -0.2) is 4.57 Å². The monoisotopic (exact) mass is 720 g/mol. The second-order valence-electron chi connectivity index (χ2n) is 14.5. The molecule has 2 aromatic heterocycles. The molecule has 0 fully saturated rings. The van der Waals surface area contributed by atoms with Crippen molar-refractivity contribution in [2.24, 2.45) is 0 Å². The Morgan fingerprint density at radius 2 is 1.13 bits per heavy atom. The van der Waals surface area contributed by atoms with E-state index in [1.54, 1.807) is 0 Å². The first kappa shape index (κ1) is 31.8. The van der Waals surface area contributed by atoms with E-state index in [1.165, 1.54) is 86.7 Å². The van der Waals surface area contributed by atoms with Gasteiger partial charge in [-0.25, -0.2) is 0 Å². The Morgan fingerprint density at radius 1 is 0.473 bits per heavy atom. The molecule has 2 heterocycles. The lowest BCUT2D eigenvalue weighted by Crippen LogP contribution is -2.10. The van der Waals surface area contributed by atoms with E-state index < -0.39 is 0 Å². The molecule has 0 N–H and O–H groups in total. The molecule has 0 spiro atoms. The van der Waals surface area contributed by atoms with Crippen LogP contribution in [0.25, 0.3) is 76.7 Å². The topological polar surface area (TPSA) is 8.17 Å². The highest BCUT2D eigenvalue weighted by Crippen LogP contribution is 2.46. The molecular weight excluding hydrogens is 685 g/mol. The lowest BCUT2D eigenvalue weighted by atomic mass is 10.00. The fourth-order valence-electron chi connectivity index (χ4n) is 8.57. The number of hydrogen-bond donors (Lipinski definition) is 0. The lowest BCUT2D eigenvalue weighted by Gasteiger charge is -2.26. The first-order chi connectivity index (χ1) is 27.3. The van der Waals surface area contributed by atoms with Crippen molar-refractivity contribution in [3.63, 3.8) is 0 Å². The lowest BCUT2D eigenvalue weighted by molar-refractivity contribution is 1.01. The van der Waals surface area contributed by atoms with Gasteiger partial charge in [-0.05, 0) is 124 Å². The number of hydrogen-bond acceptors (Lipinski definition) is 2. The predicted octanol–water partition coefficient (Wildman–Crippen LogP) is 14.9. The zero-order chi connectivity index (χ0) is 36.3. The second kappa shape index (κ2) is 13.0. The third kappa shape index (κ3) is 5.39. The molecule has 0 bridgehead atoms. The maximum Gasteiger partial charge on any atom is 0.0640 e. The van der Waals surface area contributed by atoms with Crippen LogP contribution in [0.2, 0.25) is 0 Å². The molecule has 0 unspecified atom stereocenters. The van der Waals surface area contributed by atoms with Crippen LogP contribution in [0.3, 0.4) is 0 Å². The zero-order valence-corrected chi connectivity index (χ0v) is 31.0. The molecule has 8 aromatic carbocycles. The fourth-order valence-corrected chi connectivity index (χ4v) is 9.86. The maximum atomic E-state index is 2.44. The number of aryl methyl sites for hydroxylation is 1. The molecule has 0 saturated carbocycles. The van der Waals surface area contributed by atoms with Gasteiger partial charge in [0, 0.05) is 32.7 Å². The average Bonchev–Trinajstić information content (AvgIpc) is 3.81. The Kier molecular flexibility index (Phi) is 7.53. The third-order valence-electron chi connectivity index (χ3n) is 11.3. The number of anilines is 3. The Morgan fingerprint density at radius 3 is 1.95 bits per heavy atom. The van der Waals surface area contributed by atoms with E-state index in [0.717, 1.165) is 24.2 Å². The van der Waals surface area contributed by atoms with E-state index >= 15 is 0 Å². The number of nitrogens with zero attached hydrogens (tertiary/aromatic N) is 2. The number of rotatable bonds is 6. The summed E-state index contributed by atoms with van der Waals surface area (Å²) >= 11 is 1.92. The molecule has 11 rings (SSSR count). The number of allylic oxidation sites excluding steroid dienone is 1. The molecule has 55 heavy (non-hydrogen) atoms. The SMILES string of the molecule is C1=Cc2sc3c(N(c4ccc(-c5ccccc5)cc4)c4ccc(-c5ccc6c(c5)c5ccccc5n6-c5ccc6ccccc6c5)cc4)cccc3c2CC1. The van der Waals surface area contributed by atoms with Crippen molar-refractivity contribution in [1.29, 1.82) is 0 Å². The van der Waals surface area contributed by atoms with Gasteiger partial charge in [0.15, 0.2) is 0 Å². The van der Waals surface area contributed by atoms with E-state index in [1.807, 2.05) is 11.3 Å². The van der Waals surface area contributed by atoms with Crippen LogP contribution in [0.4, 0.5) is 17.1 Å². The quantitative estimate of drug-likeness (QED) is 0.166. The summed E-state index contributed by atoms with van der Waals surface area (Å²) in [5.74, 6) is 0. The highest BCUT2D eigenvalue weighted by Gasteiger charge is 2.21. The molecule has 2 nitrogen and oxygen atoms in total. The number of thiophene rings is 1. The van der Waals surface area contributed by atoms with Gasteiger partial charge in [0.05, 0.1) is 21.4 Å². The smallest absolute Gasteiger partial charge is 0.0640 e. The van der Waals surface area contributed by atoms with Crippen LogP contribution in [-0.2, 0) is 6.42 Å². The van der Waals surface area contributed by atoms with Gasteiger partial charge >= 0.3 is 0 Å². The summed E-state index contributed by atoms with van der Waals surface area (Å²) in [4.78, 5) is 3.83. The van der Waals surface area contributed by atoms with E-state index in [4.69, 9.17) is 0 Å². The first-order valence-corrected chi connectivity index (χ1v) is 19.9. The van der Waals surface area contributed by atoms with Gasteiger partial charge in [-0.15, -0.1) is 11.3 Å². The summed E-state index contributed by atoms with van der Waals surface area (Å²) < 4.78 is 3.74. The standard InChI is InChI=1S/C52H36N2S/c1-2-11-35(12-3-1)37-21-27-41(28-22-37)53(50-19-10-17-46-45-16-7-9-20-51(45)55-52(46)50)42-29-23-38(24-30-42)40-26-32-49-47(34-40)44-15-6-8-18-48(44)54(49)43-31-25-36-13-4-5-14-39(36)33-43/h1-6,8-15,17-34H,7,16H2. The molecule has 3 heteroatoms. The van der Waals surface area contributed by atoms with Crippen molar-refractivity contribution >= 4 is 77.1 Å². The van der Waals surface area contributed by atoms with Gasteiger partial charge in [-0.2, -0.15) is 0 Å². The van der Waals surface area contributed by atoms with Gasteiger partial charge in [-0.1, -0.05) is 127 Å². The number of para-hydroxylation sites is 1. The van der Waals surface area contributed by atoms with Crippen molar-refractivity contribution in [2.45, 2.75) is 12.8 Å². The third-order valence-corrected chi connectivity index (χ3v) is 12.5. The Bertz CT molecular complexity index is 3070. The van der Waals surface area contributed by atoms with Gasteiger partial charge in [0.2, 0.25) is 0 Å². The molecule has 1 aliphatic carbocycles. The van der Waals surface area contributed by atoms with Crippen molar-refractivity contribution in [3.05, 3.63) is 199 Å². The fraction of sp³-hybridized carbons (Fsp3) is 0.0385. The molecule has 1 aliphatic rings. The summed E-state index contributed by atoms with van der Waals surface area (Å²) in [7, 11) is 0. The summed E-state index contributed by atoms with van der Waals surface area (Å²) in [6.45, 7) is 0. The summed E-state index contributed by atoms with van der Waals surface area (Å²) in [5, 5.41) is 6.39. The largest absolute Gasteiger partial charge is 0.309 e.